The zero-order valence-corrected chi connectivity index (χ0v) is 21.0. The molecular weight excluding hydrogens is 426 g/mol. The molecule has 33 heavy (non-hydrogen) atoms. The molecular formula is C25H51NO7. The molecule has 0 aliphatic heterocycles. The lowest BCUT2D eigenvalue weighted by atomic mass is 9.97. The number of carbonyl (C=O) groups is 1. The van der Waals surface area contributed by atoms with Gasteiger partial charge in [0.1, 0.15) is 18.3 Å². The van der Waals surface area contributed by atoms with Crippen LogP contribution in [0.5, 0.6) is 0 Å². The van der Waals surface area contributed by atoms with Gasteiger partial charge < -0.3 is 36.0 Å². The monoisotopic (exact) mass is 477 g/mol. The number of aliphatic hydroxyl groups excluding tert-OH is 4. The number of rotatable bonds is 22. The molecule has 0 radical (unpaired) electrons. The summed E-state index contributed by atoms with van der Waals surface area (Å²) in [6.07, 6.45) is 11.1. The van der Waals surface area contributed by atoms with Gasteiger partial charge in [0.05, 0.1) is 6.10 Å². The summed E-state index contributed by atoms with van der Waals surface area (Å²) in [7, 11) is 0. The molecule has 0 saturated heterocycles. The van der Waals surface area contributed by atoms with Gasteiger partial charge in [0.2, 0.25) is 5.79 Å². The number of aliphatic hydroxyl groups is 5. The van der Waals surface area contributed by atoms with E-state index in [1.54, 1.807) is 0 Å². The Balaban J connectivity index is 3.77. The van der Waals surface area contributed by atoms with Crippen LogP contribution in [0.25, 0.3) is 0 Å². The lowest BCUT2D eigenvalue weighted by Crippen LogP contribution is -2.56. The van der Waals surface area contributed by atoms with Crippen molar-refractivity contribution in [2.75, 3.05) is 6.54 Å². The Hall–Kier alpha value is -0.770. The highest BCUT2D eigenvalue weighted by Gasteiger charge is 2.43. The summed E-state index contributed by atoms with van der Waals surface area (Å²) in [4.78, 5) is 12.0. The molecule has 0 bridgehead atoms. The van der Waals surface area contributed by atoms with Crippen molar-refractivity contribution in [3.8, 4) is 0 Å². The topological polar surface area (TPSA) is 153 Å². The maximum absolute atomic E-state index is 12.0. The lowest BCUT2D eigenvalue weighted by Gasteiger charge is -2.34. The number of carbonyl (C=O) groups excluding carboxylic acids is 1. The summed E-state index contributed by atoms with van der Waals surface area (Å²) in [5.74, 6) is -3.10. The van der Waals surface area contributed by atoms with E-state index in [0.29, 0.717) is 6.42 Å². The van der Waals surface area contributed by atoms with Crippen LogP contribution in [0.1, 0.15) is 117 Å². The van der Waals surface area contributed by atoms with Crippen molar-refractivity contribution in [2.45, 2.75) is 147 Å². The van der Waals surface area contributed by atoms with Crippen LogP contribution >= 0.6 is 0 Å². The van der Waals surface area contributed by atoms with Crippen LogP contribution < -0.4 is 5.73 Å². The van der Waals surface area contributed by atoms with E-state index in [2.05, 4.69) is 6.92 Å². The third-order valence-electron chi connectivity index (χ3n) is 6.16. The minimum atomic E-state index is -2.40. The van der Waals surface area contributed by atoms with E-state index in [-0.39, 0.29) is 13.0 Å². The third kappa shape index (κ3) is 15.7. The highest BCUT2D eigenvalue weighted by molar-refractivity contribution is 5.69. The lowest BCUT2D eigenvalue weighted by molar-refractivity contribution is -0.264. The molecule has 7 N–H and O–H groups in total. The largest absolute Gasteiger partial charge is 0.431 e. The summed E-state index contributed by atoms with van der Waals surface area (Å²) in [5.41, 5.74) is 5.20. The average molecular weight is 478 g/mol. The van der Waals surface area contributed by atoms with Gasteiger partial charge in [-0.1, -0.05) is 96.8 Å². The van der Waals surface area contributed by atoms with E-state index in [0.717, 1.165) is 26.2 Å². The van der Waals surface area contributed by atoms with Crippen molar-refractivity contribution < 1.29 is 35.1 Å². The van der Waals surface area contributed by atoms with Gasteiger partial charge in [0.25, 0.3) is 0 Å². The zero-order chi connectivity index (χ0) is 25.1. The first-order valence-electron chi connectivity index (χ1n) is 13.0. The van der Waals surface area contributed by atoms with Crippen LogP contribution in [0.15, 0.2) is 0 Å². The molecule has 0 aromatic heterocycles. The normalized spacial score (nSPS) is 17.2. The second kappa shape index (κ2) is 19.5. The fourth-order valence-electron chi connectivity index (χ4n) is 3.85. The summed E-state index contributed by atoms with van der Waals surface area (Å²) in [6, 6.07) is 0. The summed E-state index contributed by atoms with van der Waals surface area (Å²) >= 11 is 0. The van der Waals surface area contributed by atoms with Crippen LogP contribution in [-0.4, -0.2) is 68.2 Å². The number of hydrogen-bond acceptors (Lipinski definition) is 8. The first-order valence-corrected chi connectivity index (χ1v) is 13.0. The van der Waals surface area contributed by atoms with Gasteiger partial charge in [-0.05, 0) is 6.42 Å². The number of esters is 1. The van der Waals surface area contributed by atoms with Crippen molar-refractivity contribution in [1.29, 1.82) is 0 Å². The Morgan fingerprint density at radius 3 is 1.55 bits per heavy atom. The molecule has 0 aromatic rings. The summed E-state index contributed by atoms with van der Waals surface area (Å²) < 4.78 is 4.89. The molecule has 0 saturated carbocycles. The molecule has 8 nitrogen and oxygen atoms in total. The molecule has 0 rings (SSSR count). The Labute approximate surface area is 200 Å². The van der Waals surface area contributed by atoms with E-state index in [1.165, 1.54) is 70.6 Å². The van der Waals surface area contributed by atoms with Crippen molar-refractivity contribution in [3.05, 3.63) is 0 Å². The van der Waals surface area contributed by atoms with Crippen LogP contribution in [-0.2, 0) is 9.53 Å². The molecule has 0 aliphatic rings. The molecule has 0 aromatic carbocycles. The van der Waals surface area contributed by atoms with E-state index < -0.39 is 36.2 Å². The Bertz CT molecular complexity index is 476. The maximum Gasteiger partial charge on any atom is 0.308 e. The second-order valence-corrected chi connectivity index (χ2v) is 9.46. The fraction of sp³-hybridized carbons (Fsp3) is 0.960. The van der Waals surface area contributed by atoms with Gasteiger partial charge in [-0.3, -0.25) is 4.79 Å². The van der Waals surface area contributed by atoms with Gasteiger partial charge in [0, 0.05) is 19.9 Å². The number of ether oxygens (including phenoxy) is 1. The van der Waals surface area contributed by atoms with E-state index in [9.17, 15) is 30.3 Å². The third-order valence-corrected chi connectivity index (χ3v) is 6.16. The van der Waals surface area contributed by atoms with Gasteiger partial charge in [0.15, 0.2) is 0 Å². The standard InChI is InChI=1S/C25H51NO7/c1-3-4-5-6-7-8-9-10-11-12-13-14-15-16-17-18-21(28)33-25(2,32)24(31)23(30)22(29)20(27)19-26/h20,22-24,27,29-32H,3-19,26H2,1-2H3. The molecule has 0 spiro atoms. The number of unbranched alkanes of at least 4 members (excludes halogenated alkanes) is 14. The van der Waals surface area contributed by atoms with E-state index in [4.69, 9.17) is 10.5 Å². The van der Waals surface area contributed by atoms with E-state index in [1.807, 2.05) is 0 Å². The Kier molecular flexibility index (Phi) is 19.1. The van der Waals surface area contributed by atoms with Crippen LogP contribution in [0.2, 0.25) is 0 Å². The highest BCUT2D eigenvalue weighted by atomic mass is 16.7. The predicted molar refractivity (Wildman–Crippen MR) is 129 cm³/mol. The van der Waals surface area contributed by atoms with Crippen LogP contribution in [0.4, 0.5) is 0 Å². The van der Waals surface area contributed by atoms with Crippen molar-refractivity contribution in [3.63, 3.8) is 0 Å². The second-order valence-electron chi connectivity index (χ2n) is 9.46. The first kappa shape index (κ1) is 32.2. The minimum absolute atomic E-state index is 0.0885. The first-order chi connectivity index (χ1) is 15.7. The van der Waals surface area contributed by atoms with Gasteiger partial charge in [-0.2, -0.15) is 0 Å². The number of hydrogen-bond donors (Lipinski definition) is 6. The molecule has 0 aliphatic carbocycles. The number of nitrogens with two attached hydrogens (primary N) is 1. The Morgan fingerprint density at radius 1 is 0.758 bits per heavy atom. The molecule has 8 heteroatoms. The highest BCUT2D eigenvalue weighted by Crippen LogP contribution is 2.20. The van der Waals surface area contributed by atoms with E-state index >= 15 is 0 Å². The zero-order valence-electron chi connectivity index (χ0n) is 21.0. The SMILES string of the molecule is CCCCCCCCCCCCCCCCCC(=O)OC(C)(O)C(O)C(O)C(O)C(O)CN. The van der Waals surface area contributed by atoms with Gasteiger partial charge >= 0.3 is 5.97 Å². The summed E-state index contributed by atoms with van der Waals surface area (Å²) in [5, 5.41) is 49.3. The Morgan fingerprint density at radius 2 is 1.15 bits per heavy atom. The average Bonchev–Trinajstić information content (AvgIpc) is 2.79. The van der Waals surface area contributed by atoms with Gasteiger partial charge in [-0.25, -0.2) is 0 Å². The molecule has 198 valence electrons. The predicted octanol–water partition coefficient (Wildman–Crippen LogP) is 2.90. The molecule has 0 heterocycles. The van der Waals surface area contributed by atoms with Crippen molar-refractivity contribution >= 4 is 5.97 Å². The molecule has 0 amide bonds. The fourth-order valence-corrected chi connectivity index (χ4v) is 3.85. The molecule has 5 atom stereocenters. The van der Waals surface area contributed by atoms with Crippen molar-refractivity contribution in [2.24, 2.45) is 5.73 Å². The van der Waals surface area contributed by atoms with Gasteiger partial charge in [-0.15, -0.1) is 0 Å². The molecule has 0 fully saturated rings. The molecule has 5 unspecified atom stereocenters. The van der Waals surface area contributed by atoms with Crippen molar-refractivity contribution in [1.82, 2.24) is 0 Å². The van der Waals surface area contributed by atoms with Crippen LogP contribution in [0.3, 0.4) is 0 Å². The smallest absolute Gasteiger partial charge is 0.308 e. The summed E-state index contributed by atoms with van der Waals surface area (Å²) in [6.45, 7) is 2.92. The quantitative estimate of drug-likeness (QED) is 0.0790. The maximum atomic E-state index is 12.0. The van der Waals surface area contributed by atoms with Crippen LogP contribution in [0, 0.1) is 0 Å². The minimum Gasteiger partial charge on any atom is -0.431 e.